The molecule has 0 bridgehead atoms. The van der Waals surface area contributed by atoms with Crippen LogP contribution < -0.4 is 0 Å². The molecule has 1 heterocycles. The average Bonchev–Trinajstić information content (AvgIpc) is 2.94. The highest BCUT2D eigenvalue weighted by atomic mass is 19.1. The number of Topliss-reactive ketones (excluding diaryl/α,β-unsaturated/α-hetero) is 1. The maximum absolute atomic E-state index is 13.0. The number of carbonyl (C=O) groups is 3. The molecule has 0 aliphatic carbocycles. The lowest BCUT2D eigenvalue weighted by molar-refractivity contribution is -0.148. The maximum atomic E-state index is 13.0. The van der Waals surface area contributed by atoms with Gasteiger partial charge in [-0.1, -0.05) is 12.1 Å². The Bertz CT molecular complexity index is 573. The van der Waals surface area contributed by atoms with E-state index in [1.165, 1.54) is 23.1 Å². The number of carbonyl (C=O) groups excluding carboxylic acids is 2. The summed E-state index contributed by atoms with van der Waals surface area (Å²) in [7, 11) is 0. The van der Waals surface area contributed by atoms with Crippen LogP contribution in [0.25, 0.3) is 0 Å². The van der Waals surface area contributed by atoms with Crippen LogP contribution in [0.1, 0.15) is 36.0 Å². The molecule has 0 saturated carbocycles. The Morgan fingerprint density at radius 3 is 2.71 bits per heavy atom. The topological polar surface area (TPSA) is 74.7 Å². The summed E-state index contributed by atoms with van der Waals surface area (Å²) in [6, 6.07) is 4.51. The highest BCUT2D eigenvalue weighted by Gasteiger charge is 2.33. The first-order chi connectivity index (χ1) is 9.99. The number of hydrogen-bond acceptors (Lipinski definition) is 3. The largest absolute Gasteiger partial charge is 0.480 e. The molecule has 1 aromatic carbocycles. The molecule has 6 heteroatoms. The summed E-state index contributed by atoms with van der Waals surface area (Å²) in [5.41, 5.74) is 0.221. The number of carboxylic acid groups (broad SMARTS) is 1. The van der Waals surface area contributed by atoms with Crippen LogP contribution in [0.3, 0.4) is 0 Å². The van der Waals surface area contributed by atoms with Gasteiger partial charge < -0.3 is 10.0 Å². The number of aliphatic carboxylic acids is 1. The quantitative estimate of drug-likeness (QED) is 0.841. The van der Waals surface area contributed by atoms with Gasteiger partial charge in [0, 0.05) is 24.9 Å². The lowest BCUT2D eigenvalue weighted by atomic mass is 10.1. The van der Waals surface area contributed by atoms with E-state index in [9.17, 15) is 18.8 Å². The number of nitrogens with zero attached hydrogens (tertiary/aromatic N) is 1. The fraction of sp³-hybridized carbons (Fsp3) is 0.400. The summed E-state index contributed by atoms with van der Waals surface area (Å²) in [6.45, 7) is 0.407. The van der Waals surface area contributed by atoms with Crippen LogP contribution in [0.2, 0.25) is 0 Å². The molecule has 2 rings (SSSR count). The van der Waals surface area contributed by atoms with Crippen molar-refractivity contribution in [3.63, 3.8) is 0 Å². The van der Waals surface area contributed by atoms with Crippen LogP contribution in [-0.2, 0) is 9.59 Å². The molecule has 0 radical (unpaired) electrons. The van der Waals surface area contributed by atoms with E-state index in [0.29, 0.717) is 19.4 Å². The van der Waals surface area contributed by atoms with Crippen molar-refractivity contribution in [2.45, 2.75) is 31.7 Å². The first kappa shape index (κ1) is 15.2. The molecule has 1 aromatic rings. The molecule has 21 heavy (non-hydrogen) atoms. The third-order valence-electron chi connectivity index (χ3n) is 3.57. The maximum Gasteiger partial charge on any atom is 0.326 e. The Kier molecular flexibility index (Phi) is 4.67. The molecule has 0 spiro atoms. The first-order valence-electron chi connectivity index (χ1n) is 6.80. The summed E-state index contributed by atoms with van der Waals surface area (Å²) in [6.07, 6.45) is 0.990. The van der Waals surface area contributed by atoms with Crippen LogP contribution >= 0.6 is 0 Å². The summed E-state index contributed by atoms with van der Waals surface area (Å²) in [5, 5.41) is 9.02. The van der Waals surface area contributed by atoms with Crippen molar-refractivity contribution in [3.05, 3.63) is 35.6 Å². The van der Waals surface area contributed by atoms with Gasteiger partial charge in [0.15, 0.2) is 5.78 Å². The second-order valence-corrected chi connectivity index (χ2v) is 5.02. The predicted octanol–water partition coefficient (Wildman–Crippen LogP) is 1.86. The van der Waals surface area contributed by atoms with E-state index >= 15 is 0 Å². The second-order valence-electron chi connectivity index (χ2n) is 5.02. The van der Waals surface area contributed by atoms with E-state index in [0.717, 1.165) is 6.07 Å². The molecule has 1 saturated heterocycles. The van der Waals surface area contributed by atoms with Gasteiger partial charge in [0.1, 0.15) is 11.9 Å². The molecule has 1 atom stereocenters. The molecule has 0 unspecified atom stereocenters. The van der Waals surface area contributed by atoms with Gasteiger partial charge in [0.05, 0.1) is 0 Å². The molecule has 1 aliphatic rings. The van der Waals surface area contributed by atoms with Gasteiger partial charge in [0.2, 0.25) is 5.91 Å². The molecule has 1 amide bonds. The van der Waals surface area contributed by atoms with Crippen molar-refractivity contribution in [1.29, 1.82) is 0 Å². The minimum Gasteiger partial charge on any atom is -0.480 e. The van der Waals surface area contributed by atoms with Crippen molar-refractivity contribution in [3.8, 4) is 0 Å². The zero-order valence-corrected chi connectivity index (χ0v) is 11.4. The fourth-order valence-electron chi connectivity index (χ4n) is 2.49. The van der Waals surface area contributed by atoms with Crippen LogP contribution in [0.5, 0.6) is 0 Å². The van der Waals surface area contributed by atoms with Gasteiger partial charge >= 0.3 is 5.97 Å². The summed E-state index contributed by atoms with van der Waals surface area (Å²) < 4.78 is 13.0. The van der Waals surface area contributed by atoms with Crippen molar-refractivity contribution in [2.24, 2.45) is 0 Å². The average molecular weight is 293 g/mol. The van der Waals surface area contributed by atoms with E-state index in [4.69, 9.17) is 5.11 Å². The highest BCUT2D eigenvalue weighted by molar-refractivity contribution is 5.98. The third kappa shape index (κ3) is 3.65. The zero-order valence-electron chi connectivity index (χ0n) is 11.4. The SMILES string of the molecule is O=C(CCC(=O)N1CCC[C@H]1C(=O)O)c1cccc(F)c1. The lowest BCUT2D eigenvalue weighted by Gasteiger charge is -2.21. The van der Waals surface area contributed by atoms with Crippen molar-refractivity contribution < 1.29 is 23.9 Å². The van der Waals surface area contributed by atoms with Crippen molar-refractivity contribution >= 4 is 17.7 Å². The summed E-state index contributed by atoms with van der Waals surface area (Å²) in [4.78, 5) is 36.2. The monoisotopic (exact) mass is 293 g/mol. The van der Waals surface area contributed by atoms with Gasteiger partial charge in [-0.05, 0) is 25.0 Å². The smallest absolute Gasteiger partial charge is 0.326 e. The minimum atomic E-state index is -1.02. The molecule has 1 N–H and O–H groups in total. The van der Waals surface area contributed by atoms with Crippen LogP contribution in [-0.4, -0.2) is 40.3 Å². The third-order valence-corrected chi connectivity index (χ3v) is 3.57. The standard InChI is InChI=1S/C15H16FNO4/c16-11-4-1-3-10(9-11)13(18)6-7-14(19)17-8-2-5-12(17)15(20)21/h1,3-4,9,12H,2,5-8H2,(H,20,21)/t12-/m0/s1. The zero-order chi connectivity index (χ0) is 15.4. The van der Waals surface area contributed by atoms with Gasteiger partial charge in [-0.25, -0.2) is 9.18 Å². The molecule has 112 valence electrons. The van der Waals surface area contributed by atoms with Crippen molar-refractivity contribution in [1.82, 2.24) is 4.90 Å². The first-order valence-corrected chi connectivity index (χ1v) is 6.80. The Hall–Kier alpha value is -2.24. The Morgan fingerprint density at radius 1 is 1.29 bits per heavy atom. The molecular weight excluding hydrogens is 277 g/mol. The van der Waals surface area contributed by atoms with Gasteiger partial charge in [-0.2, -0.15) is 0 Å². The van der Waals surface area contributed by atoms with E-state index in [1.807, 2.05) is 0 Å². The number of likely N-dealkylation sites (tertiary alicyclic amines) is 1. The van der Waals surface area contributed by atoms with E-state index in [2.05, 4.69) is 0 Å². The van der Waals surface area contributed by atoms with Gasteiger partial charge in [-0.15, -0.1) is 0 Å². The molecule has 0 aromatic heterocycles. The highest BCUT2D eigenvalue weighted by Crippen LogP contribution is 2.19. The van der Waals surface area contributed by atoms with Gasteiger partial charge in [-0.3, -0.25) is 9.59 Å². The molecule has 1 aliphatic heterocycles. The second kappa shape index (κ2) is 6.47. The molecular formula is C15H16FNO4. The molecule has 5 nitrogen and oxygen atoms in total. The number of hydrogen-bond donors (Lipinski definition) is 1. The lowest BCUT2D eigenvalue weighted by Crippen LogP contribution is -2.40. The van der Waals surface area contributed by atoms with E-state index in [1.54, 1.807) is 0 Å². The van der Waals surface area contributed by atoms with Crippen LogP contribution in [0.15, 0.2) is 24.3 Å². The Balaban J connectivity index is 1.92. The predicted molar refractivity (Wildman–Crippen MR) is 72.3 cm³/mol. The summed E-state index contributed by atoms with van der Waals surface area (Å²) in [5.74, 6) is -2.19. The molecule has 1 fully saturated rings. The van der Waals surface area contributed by atoms with E-state index in [-0.39, 0.29) is 30.1 Å². The Morgan fingerprint density at radius 2 is 2.05 bits per heavy atom. The number of halogens is 1. The van der Waals surface area contributed by atoms with E-state index < -0.39 is 17.8 Å². The van der Waals surface area contributed by atoms with Gasteiger partial charge in [0.25, 0.3) is 0 Å². The van der Waals surface area contributed by atoms with Crippen LogP contribution in [0, 0.1) is 5.82 Å². The number of benzene rings is 1. The fourth-order valence-corrected chi connectivity index (χ4v) is 2.49. The number of rotatable bonds is 5. The number of amides is 1. The van der Waals surface area contributed by atoms with Crippen LogP contribution in [0.4, 0.5) is 4.39 Å². The Labute approximate surface area is 121 Å². The summed E-state index contributed by atoms with van der Waals surface area (Å²) >= 11 is 0. The minimum absolute atomic E-state index is 0.0505. The number of carboxylic acids is 1. The number of ketones is 1. The normalized spacial score (nSPS) is 17.8. The van der Waals surface area contributed by atoms with Crippen molar-refractivity contribution in [2.75, 3.05) is 6.54 Å².